The number of amides is 1. The minimum Gasteiger partial charge on any atom is -0.342 e. The lowest BCUT2D eigenvalue weighted by Crippen LogP contribution is -2.36. The molecular formula is C16H26N4OS. The molecule has 1 N–H and O–H groups in total. The van der Waals surface area contributed by atoms with Crippen molar-refractivity contribution in [1.29, 1.82) is 0 Å². The van der Waals surface area contributed by atoms with E-state index in [1.165, 1.54) is 50.3 Å². The van der Waals surface area contributed by atoms with Crippen LogP contribution >= 0.6 is 11.8 Å². The number of aromatic nitrogens is 3. The maximum atomic E-state index is 12.1. The van der Waals surface area contributed by atoms with Gasteiger partial charge in [0.15, 0.2) is 0 Å². The Morgan fingerprint density at radius 2 is 1.95 bits per heavy atom. The number of piperidine rings is 1. The molecule has 0 radical (unpaired) electrons. The first kappa shape index (κ1) is 15.8. The summed E-state index contributed by atoms with van der Waals surface area (Å²) >= 11 is 1.46. The molecule has 0 aromatic carbocycles. The number of hydrogen-bond donors (Lipinski definition) is 1. The number of carbonyl (C=O) groups excluding carboxylic acids is 1. The van der Waals surface area contributed by atoms with E-state index >= 15 is 0 Å². The van der Waals surface area contributed by atoms with Crippen LogP contribution in [-0.4, -0.2) is 44.8 Å². The standard InChI is InChI=1S/C16H26N4OS/c21-15(20-10-4-1-5-11-20)12-22-16-17-14(18-19-16)9-8-13-6-2-3-7-13/h13H,1-12H2,(H,17,18,19). The van der Waals surface area contributed by atoms with Crippen molar-refractivity contribution in [2.45, 2.75) is 62.9 Å². The Balaban J connectivity index is 1.40. The van der Waals surface area contributed by atoms with Gasteiger partial charge >= 0.3 is 0 Å². The molecule has 2 heterocycles. The molecule has 1 aliphatic carbocycles. The van der Waals surface area contributed by atoms with E-state index < -0.39 is 0 Å². The van der Waals surface area contributed by atoms with Crippen LogP contribution in [0.3, 0.4) is 0 Å². The van der Waals surface area contributed by atoms with Crippen LogP contribution in [0.1, 0.15) is 57.2 Å². The van der Waals surface area contributed by atoms with Crippen molar-refractivity contribution in [3.8, 4) is 0 Å². The molecule has 0 unspecified atom stereocenters. The van der Waals surface area contributed by atoms with Crippen LogP contribution in [0.4, 0.5) is 0 Å². The van der Waals surface area contributed by atoms with Crippen LogP contribution in [0.2, 0.25) is 0 Å². The maximum absolute atomic E-state index is 12.1. The summed E-state index contributed by atoms with van der Waals surface area (Å²) in [6.07, 6.45) is 11.3. The van der Waals surface area contributed by atoms with Crippen molar-refractivity contribution in [2.24, 2.45) is 5.92 Å². The van der Waals surface area contributed by atoms with E-state index in [2.05, 4.69) is 15.2 Å². The van der Waals surface area contributed by atoms with E-state index in [4.69, 9.17) is 0 Å². The first-order valence-corrected chi connectivity index (χ1v) is 9.61. The Morgan fingerprint density at radius 3 is 2.73 bits per heavy atom. The summed E-state index contributed by atoms with van der Waals surface area (Å²) < 4.78 is 0. The number of rotatable bonds is 6. The minimum atomic E-state index is 0.224. The summed E-state index contributed by atoms with van der Waals surface area (Å²) in [7, 11) is 0. The average molecular weight is 322 g/mol. The Kier molecular flexibility index (Phi) is 5.76. The summed E-state index contributed by atoms with van der Waals surface area (Å²) in [5.74, 6) is 2.53. The Bertz CT molecular complexity index is 478. The molecule has 1 saturated carbocycles. The predicted molar refractivity (Wildman–Crippen MR) is 87.8 cm³/mol. The van der Waals surface area contributed by atoms with Gasteiger partial charge in [0.05, 0.1) is 5.75 Å². The molecule has 22 heavy (non-hydrogen) atoms. The highest BCUT2D eigenvalue weighted by molar-refractivity contribution is 7.99. The molecule has 1 saturated heterocycles. The first-order valence-electron chi connectivity index (χ1n) is 8.63. The molecule has 1 aromatic rings. The van der Waals surface area contributed by atoms with Crippen molar-refractivity contribution in [3.05, 3.63) is 5.82 Å². The number of nitrogens with one attached hydrogen (secondary N) is 1. The Morgan fingerprint density at radius 1 is 1.18 bits per heavy atom. The second-order valence-corrected chi connectivity index (χ2v) is 7.43. The van der Waals surface area contributed by atoms with E-state index in [-0.39, 0.29) is 5.91 Å². The van der Waals surface area contributed by atoms with Crippen molar-refractivity contribution in [2.75, 3.05) is 18.8 Å². The molecular weight excluding hydrogens is 296 g/mol. The molecule has 5 nitrogen and oxygen atoms in total. The number of thioether (sulfide) groups is 1. The van der Waals surface area contributed by atoms with Crippen molar-refractivity contribution < 1.29 is 4.79 Å². The van der Waals surface area contributed by atoms with E-state index in [0.717, 1.165) is 44.1 Å². The van der Waals surface area contributed by atoms with Gasteiger partial charge < -0.3 is 4.90 Å². The molecule has 2 aliphatic rings. The van der Waals surface area contributed by atoms with Gasteiger partial charge in [-0.2, -0.15) is 0 Å². The van der Waals surface area contributed by atoms with Crippen molar-refractivity contribution in [1.82, 2.24) is 20.1 Å². The van der Waals surface area contributed by atoms with Gasteiger partial charge in [-0.15, -0.1) is 5.10 Å². The zero-order valence-corrected chi connectivity index (χ0v) is 14.0. The highest BCUT2D eigenvalue weighted by Crippen LogP contribution is 2.28. The number of likely N-dealkylation sites (tertiary alicyclic amines) is 1. The predicted octanol–water partition coefficient (Wildman–Crippen LogP) is 3.03. The molecule has 0 bridgehead atoms. The molecule has 0 atom stereocenters. The zero-order chi connectivity index (χ0) is 15.2. The van der Waals surface area contributed by atoms with Gasteiger partial charge in [0.25, 0.3) is 0 Å². The fourth-order valence-electron chi connectivity index (χ4n) is 3.45. The Hall–Kier alpha value is -1.04. The highest BCUT2D eigenvalue weighted by atomic mass is 32.2. The first-order chi connectivity index (χ1) is 10.8. The number of aromatic amines is 1. The SMILES string of the molecule is O=C(CSc1n[nH]c(CCC2CCCC2)n1)N1CCCCC1. The summed E-state index contributed by atoms with van der Waals surface area (Å²) in [6, 6.07) is 0. The maximum Gasteiger partial charge on any atom is 0.233 e. The van der Waals surface area contributed by atoms with Crippen molar-refractivity contribution >= 4 is 17.7 Å². The highest BCUT2D eigenvalue weighted by Gasteiger charge is 2.18. The fraction of sp³-hybridized carbons (Fsp3) is 0.812. The molecule has 0 spiro atoms. The van der Waals surface area contributed by atoms with Gasteiger partial charge in [0.1, 0.15) is 5.82 Å². The summed E-state index contributed by atoms with van der Waals surface area (Å²) in [6.45, 7) is 1.83. The minimum absolute atomic E-state index is 0.224. The number of carbonyl (C=O) groups is 1. The second-order valence-electron chi connectivity index (χ2n) is 6.48. The van der Waals surface area contributed by atoms with Gasteiger partial charge in [-0.05, 0) is 31.6 Å². The fourth-order valence-corrected chi connectivity index (χ4v) is 4.18. The van der Waals surface area contributed by atoms with Crippen LogP contribution in [0.25, 0.3) is 0 Å². The number of nitrogens with zero attached hydrogens (tertiary/aromatic N) is 3. The lowest BCUT2D eigenvalue weighted by Gasteiger charge is -2.26. The van der Waals surface area contributed by atoms with E-state index in [9.17, 15) is 4.79 Å². The van der Waals surface area contributed by atoms with Crippen molar-refractivity contribution in [3.63, 3.8) is 0 Å². The van der Waals surface area contributed by atoms with Crippen LogP contribution in [0.5, 0.6) is 0 Å². The van der Waals surface area contributed by atoms with Crippen LogP contribution in [0.15, 0.2) is 5.16 Å². The topological polar surface area (TPSA) is 61.9 Å². The quantitative estimate of drug-likeness (QED) is 0.818. The normalized spacial score (nSPS) is 19.7. The summed E-state index contributed by atoms with van der Waals surface area (Å²) in [5.41, 5.74) is 0. The van der Waals surface area contributed by atoms with Crippen LogP contribution in [0, 0.1) is 5.92 Å². The molecule has 1 aromatic heterocycles. The van der Waals surface area contributed by atoms with E-state index in [0.29, 0.717) is 10.9 Å². The lowest BCUT2D eigenvalue weighted by molar-refractivity contribution is -0.129. The van der Waals surface area contributed by atoms with Crippen LogP contribution < -0.4 is 0 Å². The third-order valence-electron chi connectivity index (χ3n) is 4.81. The zero-order valence-electron chi connectivity index (χ0n) is 13.2. The summed E-state index contributed by atoms with van der Waals surface area (Å²) in [4.78, 5) is 18.6. The number of H-pyrrole nitrogens is 1. The summed E-state index contributed by atoms with van der Waals surface area (Å²) in [5, 5.41) is 7.98. The van der Waals surface area contributed by atoms with Gasteiger partial charge in [-0.25, -0.2) is 4.98 Å². The number of aryl methyl sites for hydroxylation is 1. The van der Waals surface area contributed by atoms with E-state index in [1.54, 1.807) is 0 Å². The Labute approximate surface area is 136 Å². The van der Waals surface area contributed by atoms with Gasteiger partial charge in [-0.1, -0.05) is 37.4 Å². The largest absolute Gasteiger partial charge is 0.342 e. The third kappa shape index (κ3) is 4.48. The van der Waals surface area contributed by atoms with Crippen LogP contribution in [-0.2, 0) is 11.2 Å². The van der Waals surface area contributed by atoms with Gasteiger partial charge in [0.2, 0.25) is 11.1 Å². The third-order valence-corrected chi connectivity index (χ3v) is 5.64. The molecule has 3 rings (SSSR count). The molecule has 6 heteroatoms. The monoisotopic (exact) mass is 322 g/mol. The average Bonchev–Trinajstić information content (AvgIpc) is 3.23. The number of hydrogen-bond acceptors (Lipinski definition) is 4. The van der Waals surface area contributed by atoms with Gasteiger partial charge in [-0.3, -0.25) is 9.89 Å². The molecule has 1 amide bonds. The molecule has 1 aliphatic heterocycles. The van der Waals surface area contributed by atoms with E-state index in [1.807, 2.05) is 4.90 Å². The molecule has 2 fully saturated rings. The van der Waals surface area contributed by atoms with Gasteiger partial charge in [0, 0.05) is 19.5 Å². The lowest BCUT2D eigenvalue weighted by atomic mass is 10.0. The smallest absolute Gasteiger partial charge is 0.233 e. The second kappa shape index (κ2) is 7.99. The molecule has 122 valence electrons.